The number of anilines is 1. The molecule has 1 N–H and O–H groups in total. The molecule has 1 aliphatic carbocycles. The minimum Gasteiger partial charge on any atom is -0.455 e. The van der Waals surface area contributed by atoms with E-state index in [4.69, 9.17) is 4.74 Å². The van der Waals surface area contributed by atoms with E-state index < -0.39 is 24.3 Å². The summed E-state index contributed by atoms with van der Waals surface area (Å²) in [6.07, 6.45) is 2.78. The summed E-state index contributed by atoms with van der Waals surface area (Å²) in [5.41, 5.74) is 1.54. The van der Waals surface area contributed by atoms with Gasteiger partial charge in [-0.3, -0.25) is 9.59 Å². The molecule has 0 spiro atoms. The predicted molar refractivity (Wildman–Crippen MR) is 107 cm³/mol. The van der Waals surface area contributed by atoms with Crippen LogP contribution in [0.1, 0.15) is 29.3 Å². The van der Waals surface area contributed by atoms with Gasteiger partial charge >= 0.3 is 5.97 Å². The Balaban J connectivity index is 1.51. The number of thioether (sulfide) groups is 1. The van der Waals surface area contributed by atoms with E-state index in [9.17, 15) is 19.2 Å². The van der Waals surface area contributed by atoms with Crippen molar-refractivity contribution in [2.45, 2.75) is 31.1 Å². The van der Waals surface area contributed by atoms with Crippen LogP contribution >= 0.6 is 23.1 Å². The number of nitrogens with one attached hydrogen (secondary N) is 1. The van der Waals surface area contributed by atoms with Crippen LogP contribution in [0.3, 0.4) is 0 Å². The van der Waals surface area contributed by atoms with Crippen molar-refractivity contribution in [2.24, 2.45) is 5.92 Å². The van der Waals surface area contributed by atoms with E-state index in [1.807, 2.05) is 0 Å². The van der Waals surface area contributed by atoms with Gasteiger partial charge in [-0.2, -0.15) is 5.26 Å². The number of thiophene rings is 1. The van der Waals surface area contributed by atoms with Crippen molar-refractivity contribution in [3.05, 3.63) is 46.1 Å². The van der Waals surface area contributed by atoms with Gasteiger partial charge in [-0.05, 0) is 42.9 Å². The third-order valence-electron chi connectivity index (χ3n) is 4.42. The number of carbonyl (C=O) groups excluding carboxylic acids is 2. The monoisotopic (exact) mass is 418 g/mol. The fourth-order valence-electron chi connectivity index (χ4n) is 3.01. The number of hydrogen-bond acceptors (Lipinski definition) is 6. The van der Waals surface area contributed by atoms with E-state index in [1.54, 1.807) is 18.2 Å². The van der Waals surface area contributed by atoms with Gasteiger partial charge < -0.3 is 10.1 Å². The zero-order valence-corrected chi connectivity index (χ0v) is 16.9. The molecule has 1 aromatic carbocycles. The van der Waals surface area contributed by atoms with Crippen molar-refractivity contribution >= 4 is 40.0 Å². The first-order chi connectivity index (χ1) is 13.5. The lowest BCUT2D eigenvalue weighted by Gasteiger charge is -2.17. The summed E-state index contributed by atoms with van der Waals surface area (Å²) in [6, 6.07) is 8.32. The number of nitriles is 1. The summed E-state index contributed by atoms with van der Waals surface area (Å²) < 4.78 is 18.5. The summed E-state index contributed by atoms with van der Waals surface area (Å²) in [5.74, 6) is -1.04. The Labute approximate surface area is 170 Å². The summed E-state index contributed by atoms with van der Waals surface area (Å²) >= 11 is 2.43. The van der Waals surface area contributed by atoms with E-state index in [0.717, 1.165) is 41.5 Å². The maximum Gasteiger partial charge on any atom is 0.316 e. The Bertz CT molecular complexity index is 936. The normalized spacial score (nSPS) is 15.4. The van der Waals surface area contributed by atoms with E-state index in [-0.39, 0.29) is 5.75 Å². The van der Waals surface area contributed by atoms with Crippen molar-refractivity contribution < 1.29 is 18.7 Å². The number of benzene rings is 1. The predicted octanol–water partition coefficient (Wildman–Crippen LogP) is 4.16. The van der Waals surface area contributed by atoms with Crippen LogP contribution in [-0.4, -0.2) is 24.2 Å². The standard InChI is InChI=1S/C20H19FN2O3S2/c1-12-6-7-13-14(9-22)20(28-17(13)8-12)23-18(24)10-26-19(25)11-27-16-5-3-2-4-15(16)21/h2-5,12H,6-8,10-11H2,1H3,(H,23,24)/t12-/m0/s1. The summed E-state index contributed by atoms with van der Waals surface area (Å²) in [7, 11) is 0. The van der Waals surface area contributed by atoms with Gasteiger partial charge in [-0.15, -0.1) is 23.1 Å². The second-order valence-electron chi connectivity index (χ2n) is 6.60. The first kappa shape index (κ1) is 20.4. The Morgan fingerprint density at radius 3 is 2.96 bits per heavy atom. The van der Waals surface area contributed by atoms with E-state index >= 15 is 0 Å². The smallest absolute Gasteiger partial charge is 0.316 e. The van der Waals surface area contributed by atoms with Gasteiger partial charge in [-0.25, -0.2) is 4.39 Å². The Kier molecular flexibility index (Phi) is 6.70. The molecule has 2 aromatic rings. The number of halogens is 1. The molecular formula is C20H19FN2O3S2. The van der Waals surface area contributed by atoms with Gasteiger partial charge in [0.05, 0.1) is 11.3 Å². The zero-order chi connectivity index (χ0) is 20.1. The second kappa shape index (κ2) is 9.22. The molecule has 1 aliphatic rings. The number of ether oxygens (including phenoxy) is 1. The molecule has 5 nitrogen and oxygen atoms in total. The van der Waals surface area contributed by atoms with Crippen LogP contribution in [0.2, 0.25) is 0 Å². The van der Waals surface area contributed by atoms with Gasteiger partial charge in [0.1, 0.15) is 16.9 Å². The molecule has 1 atom stereocenters. The van der Waals surface area contributed by atoms with E-state index in [1.165, 1.54) is 17.4 Å². The molecule has 0 unspecified atom stereocenters. The number of rotatable bonds is 6. The van der Waals surface area contributed by atoms with Crippen LogP contribution in [-0.2, 0) is 27.2 Å². The van der Waals surface area contributed by atoms with Crippen molar-refractivity contribution in [1.82, 2.24) is 0 Å². The van der Waals surface area contributed by atoms with E-state index in [0.29, 0.717) is 21.4 Å². The Morgan fingerprint density at radius 2 is 2.21 bits per heavy atom. The second-order valence-corrected chi connectivity index (χ2v) is 8.72. The molecule has 3 rings (SSSR count). The first-order valence-electron chi connectivity index (χ1n) is 8.85. The fraction of sp³-hybridized carbons (Fsp3) is 0.350. The van der Waals surface area contributed by atoms with Gasteiger partial charge in [0, 0.05) is 9.77 Å². The third kappa shape index (κ3) is 4.91. The van der Waals surface area contributed by atoms with Crippen LogP contribution in [0.5, 0.6) is 0 Å². The molecule has 1 amide bonds. The van der Waals surface area contributed by atoms with Gasteiger partial charge in [0.15, 0.2) is 6.61 Å². The molecule has 146 valence electrons. The maximum absolute atomic E-state index is 13.5. The van der Waals surface area contributed by atoms with Gasteiger partial charge in [0.25, 0.3) is 5.91 Å². The molecule has 0 bridgehead atoms. The highest BCUT2D eigenvalue weighted by molar-refractivity contribution is 8.00. The molecule has 0 saturated heterocycles. The number of fused-ring (bicyclic) bond motifs is 1. The van der Waals surface area contributed by atoms with Crippen LogP contribution in [0.15, 0.2) is 29.2 Å². The van der Waals surface area contributed by atoms with Crippen LogP contribution in [0.4, 0.5) is 9.39 Å². The number of amides is 1. The topological polar surface area (TPSA) is 79.2 Å². The number of esters is 1. The van der Waals surface area contributed by atoms with Gasteiger partial charge in [0.2, 0.25) is 0 Å². The molecule has 8 heteroatoms. The average molecular weight is 419 g/mol. The molecule has 0 saturated carbocycles. The Morgan fingerprint density at radius 1 is 1.43 bits per heavy atom. The number of carbonyl (C=O) groups is 2. The van der Waals surface area contributed by atoms with Crippen molar-refractivity contribution in [1.29, 1.82) is 5.26 Å². The van der Waals surface area contributed by atoms with Gasteiger partial charge in [-0.1, -0.05) is 19.1 Å². The highest BCUT2D eigenvalue weighted by Gasteiger charge is 2.24. The molecule has 1 heterocycles. The molecule has 28 heavy (non-hydrogen) atoms. The fourth-order valence-corrected chi connectivity index (χ4v) is 5.12. The van der Waals surface area contributed by atoms with Crippen LogP contribution < -0.4 is 5.32 Å². The number of nitrogens with zero attached hydrogens (tertiary/aromatic N) is 1. The molecular weight excluding hydrogens is 399 g/mol. The minimum atomic E-state index is -0.608. The maximum atomic E-state index is 13.5. The highest BCUT2D eigenvalue weighted by Crippen LogP contribution is 2.39. The van der Waals surface area contributed by atoms with Crippen molar-refractivity contribution in [2.75, 3.05) is 17.7 Å². The zero-order valence-electron chi connectivity index (χ0n) is 15.3. The Hall–Kier alpha value is -2.37. The lowest BCUT2D eigenvalue weighted by atomic mass is 9.89. The van der Waals surface area contributed by atoms with E-state index in [2.05, 4.69) is 18.3 Å². The molecule has 0 fully saturated rings. The summed E-state index contributed by atoms with van der Waals surface area (Å²) in [5, 5.41) is 12.6. The molecule has 0 radical (unpaired) electrons. The quantitative estimate of drug-likeness (QED) is 0.563. The third-order valence-corrected chi connectivity index (χ3v) is 6.61. The first-order valence-corrected chi connectivity index (χ1v) is 10.7. The van der Waals surface area contributed by atoms with Crippen LogP contribution in [0, 0.1) is 23.1 Å². The van der Waals surface area contributed by atoms with Crippen molar-refractivity contribution in [3.63, 3.8) is 0 Å². The lowest BCUT2D eigenvalue weighted by Crippen LogP contribution is -2.21. The summed E-state index contributed by atoms with van der Waals surface area (Å²) in [4.78, 5) is 25.4. The average Bonchev–Trinajstić information content (AvgIpc) is 3.01. The lowest BCUT2D eigenvalue weighted by molar-refractivity contribution is -0.144. The number of hydrogen-bond donors (Lipinski definition) is 1. The minimum absolute atomic E-state index is 0.0944. The largest absolute Gasteiger partial charge is 0.455 e. The van der Waals surface area contributed by atoms with Crippen molar-refractivity contribution in [3.8, 4) is 6.07 Å². The highest BCUT2D eigenvalue weighted by atomic mass is 32.2. The summed E-state index contributed by atoms with van der Waals surface area (Å²) in [6.45, 7) is 1.73. The SMILES string of the molecule is C[C@H]1CCc2c(sc(NC(=O)COC(=O)CSc3ccccc3F)c2C#N)C1. The molecule has 1 aromatic heterocycles. The molecule has 0 aliphatic heterocycles. The van der Waals surface area contributed by atoms with Crippen LogP contribution in [0.25, 0.3) is 0 Å².